The molecule has 3 rings (SSSR count). The lowest BCUT2D eigenvalue weighted by Gasteiger charge is -2.25. The summed E-state index contributed by atoms with van der Waals surface area (Å²) < 4.78 is 61.1. The van der Waals surface area contributed by atoms with E-state index in [1.807, 2.05) is 18.2 Å². The molecule has 3 aromatic carbocycles. The summed E-state index contributed by atoms with van der Waals surface area (Å²) in [7, 11) is -2.64. The van der Waals surface area contributed by atoms with Crippen molar-refractivity contribution in [2.24, 2.45) is 0 Å². The smallest absolute Gasteiger partial charge is 0.241 e. The number of benzene rings is 3. The Morgan fingerprint density at radius 3 is 2.26 bits per heavy atom. The van der Waals surface area contributed by atoms with Crippen molar-refractivity contribution in [2.45, 2.75) is 30.0 Å². The minimum absolute atomic E-state index is 0.0154. The average Bonchev–Trinajstić information content (AvgIpc) is 2.77. The summed E-state index contributed by atoms with van der Waals surface area (Å²) in [6.07, 6.45) is -1.43. The molecule has 0 saturated carbocycles. The highest BCUT2D eigenvalue weighted by Gasteiger charge is 2.27. The maximum atomic E-state index is 13.7. The minimum atomic E-state index is -4.19. The normalized spacial score (nSPS) is 13.4. The van der Waals surface area contributed by atoms with Crippen molar-refractivity contribution in [3.63, 3.8) is 0 Å². The Labute approximate surface area is 212 Å². The number of sulfonamides is 1. The highest BCUT2D eigenvalue weighted by molar-refractivity contribution is 7.89. The van der Waals surface area contributed by atoms with E-state index in [0.717, 1.165) is 17.7 Å². The van der Waals surface area contributed by atoms with Gasteiger partial charge in [-0.3, -0.25) is 0 Å². The van der Waals surface area contributed by atoms with Crippen molar-refractivity contribution in [1.29, 1.82) is 0 Å². The molecule has 0 aliphatic carbocycles. The molecule has 0 fully saturated rings. The van der Waals surface area contributed by atoms with E-state index < -0.39 is 33.8 Å². The van der Waals surface area contributed by atoms with Crippen LogP contribution in [0.1, 0.15) is 11.1 Å². The molecular formula is C24H24Cl2F2N2O4S. The summed E-state index contributed by atoms with van der Waals surface area (Å²) in [5, 5.41) is 14.1. The molecule has 0 bridgehead atoms. The van der Waals surface area contributed by atoms with Crippen LogP contribution >= 0.6 is 23.2 Å². The van der Waals surface area contributed by atoms with Crippen molar-refractivity contribution < 1.29 is 27.0 Å². The summed E-state index contributed by atoms with van der Waals surface area (Å²) in [6.45, 7) is 0.352. The molecule has 6 nitrogen and oxygen atoms in total. The third-order valence-corrected chi connectivity index (χ3v) is 7.02. The average molecular weight is 545 g/mol. The molecule has 0 aromatic heterocycles. The first-order valence-electron chi connectivity index (χ1n) is 10.5. The highest BCUT2D eigenvalue weighted by Crippen LogP contribution is 2.23. The number of ether oxygens (including phenoxy) is 1. The number of hydrogen-bond acceptors (Lipinski definition) is 5. The van der Waals surface area contributed by atoms with Crippen LogP contribution in [0, 0.1) is 11.6 Å². The van der Waals surface area contributed by atoms with Gasteiger partial charge in [-0.15, -0.1) is 0 Å². The SMILES string of the molecule is COc1cccc(CNCC(O)C(Cc2cc(F)cc(F)c2)NS(=O)(=O)c2cc(Cl)cc(Cl)c2)c1. The van der Waals surface area contributed by atoms with E-state index in [1.54, 1.807) is 13.2 Å². The van der Waals surface area contributed by atoms with E-state index >= 15 is 0 Å². The first-order valence-corrected chi connectivity index (χ1v) is 12.7. The molecule has 0 aliphatic rings. The summed E-state index contributed by atoms with van der Waals surface area (Å²) in [4.78, 5) is -0.207. The van der Waals surface area contributed by atoms with Gasteiger partial charge in [-0.05, 0) is 60.0 Å². The molecule has 2 unspecified atom stereocenters. The van der Waals surface area contributed by atoms with Gasteiger partial charge in [0.2, 0.25) is 10.0 Å². The quantitative estimate of drug-likeness (QED) is 0.334. The third kappa shape index (κ3) is 8.13. The zero-order chi connectivity index (χ0) is 25.6. The molecule has 0 saturated heterocycles. The summed E-state index contributed by atoms with van der Waals surface area (Å²) >= 11 is 11.9. The van der Waals surface area contributed by atoms with Gasteiger partial charge in [0.1, 0.15) is 17.4 Å². The van der Waals surface area contributed by atoms with Gasteiger partial charge in [-0.1, -0.05) is 35.3 Å². The van der Waals surface area contributed by atoms with E-state index in [2.05, 4.69) is 10.0 Å². The van der Waals surface area contributed by atoms with Crippen molar-refractivity contribution >= 4 is 33.2 Å². The van der Waals surface area contributed by atoms with Crippen molar-refractivity contribution in [1.82, 2.24) is 10.0 Å². The zero-order valence-electron chi connectivity index (χ0n) is 18.6. The zero-order valence-corrected chi connectivity index (χ0v) is 21.0. The Morgan fingerprint density at radius 1 is 0.971 bits per heavy atom. The van der Waals surface area contributed by atoms with E-state index in [1.165, 1.54) is 18.2 Å². The lowest BCUT2D eigenvalue weighted by atomic mass is 10.0. The van der Waals surface area contributed by atoms with Crippen LogP contribution in [-0.4, -0.2) is 39.3 Å². The molecule has 188 valence electrons. The van der Waals surface area contributed by atoms with Crippen molar-refractivity contribution in [2.75, 3.05) is 13.7 Å². The molecule has 3 N–H and O–H groups in total. The number of methoxy groups -OCH3 is 1. The fraction of sp³-hybridized carbons (Fsp3) is 0.250. The van der Waals surface area contributed by atoms with E-state index in [0.29, 0.717) is 18.4 Å². The monoisotopic (exact) mass is 544 g/mol. The standard InChI is InChI=1S/C24H24Cl2F2N2O4S/c1-34-21-4-2-3-15(7-21)13-29-14-24(31)23(8-16-5-19(27)12-20(28)6-16)30-35(32,33)22-10-17(25)9-18(26)11-22/h2-7,9-12,23-24,29-31H,8,13-14H2,1H3. The molecule has 3 aromatic rings. The molecule has 0 aliphatic heterocycles. The fourth-order valence-electron chi connectivity index (χ4n) is 3.48. The second kappa shape index (κ2) is 12.1. The number of hydrogen-bond donors (Lipinski definition) is 3. The Hall–Kier alpha value is -2.27. The summed E-state index contributed by atoms with van der Waals surface area (Å²) in [6, 6.07) is 12.8. The second-order valence-electron chi connectivity index (χ2n) is 7.86. The van der Waals surface area contributed by atoms with Crippen LogP contribution in [0.2, 0.25) is 10.0 Å². The first-order chi connectivity index (χ1) is 16.6. The van der Waals surface area contributed by atoms with E-state index in [-0.39, 0.29) is 33.5 Å². The minimum Gasteiger partial charge on any atom is -0.497 e. The molecule has 2 atom stereocenters. The Balaban J connectivity index is 1.79. The maximum absolute atomic E-state index is 13.7. The molecule has 11 heteroatoms. The lowest BCUT2D eigenvalue weighted by Crippen LogP contribution is -2.48. The van der Waals surface area contributed by atoms with Crippen LogP contribution in [0.25, 0.3) is 0 Å². The second-order valence-corrected chi connectivity index (χ2v) is 10.5. The molecule has 0 heterocycles. The van der Waals surface area contributed by atoms with Crippen LogP contribution in [0.3, 0.4) is 0 Å². The molecule has 0 radical (unpaired) electrons. The van der Waals surface area contributed by atoms with Gasteiger partial charge in [0.25, 0.3) is 0 Å². The molecular weight excluding hydrogens is 521 g/mol. The van der Waals surface area contributed by atoms with Gasteiger partial charge in [-0.25, -0.2) is 21.9 Å². The van der Waals surface area contributed by atoms with Gasteiger partial charge >= 0.3 is 0 Å². The van der Waals surface area contributed by atoms with E-state index in [4.69, 9.17) is 27.9 Å². The number of aliphatic hydroxyl groups is 1. The van der Waals surface area contributed by atoms with Crippen LogP contribution in [-0.2, 0) is 23.0 Å². The Bertz CT molecular complexity index is 1240. The predicted molar refractivity (Wildman–Crippen MR) is 131 cm³/mol. The molecule has 0 amide bonds. The van der Waals surface area contributed by atoms with Gasteiger partial charge < -0.3 is 15.2 Å². The van der Waals surface area contributed by atoms with Gasteiger partial charge in [0.05, 0.1) is 24.2 Å². The number of rotatable bonds is 11. The maximum Gasteiger partial charge on any atom is 0.241 e. The topological polar surface area (TPSA) is 87.7 Å². The van der Waals surface area contributed by atoms with Crippen LogP contribution in [0.15, 0.2) is 65.6 Å². The number of halogens is 4. The third-order valence-electron chi connectivity index (χ3n) is 5.11. The highest BCUT2D eigenvalue weighted by atomic mass is 35.5. The van der Waals surface area contributed by atoms with Crippen LogP contribution < -0.4 is 14.8 Å². The lowest BCUT2D eigenvalue weighted by molar-refractivity contribution is 0.134. The first kappa shape index (κ1) is 27.3. The van der Waals surface area contributed by atoms with Crippen LogP contribution in [0.5, 0.6) is 5.75 Å². The fourth-order valence-corrected chi connectivity index (χ4v) is 5.47. The van der Waals surface area contributed by atoms with Gasteiger partial charge in [0.15, 0.2) is 0 Å². The largest absolute Gasteiger partial charge is 0.497 e. The Kier molecular flexibility index (Phi) is 9.46. The van der Waals surface area contributed by atoms with Crippen molar-refractivity contribution in [3.8, 4) is 5.75 Å². The van der Waals surface area contributed by atoms with Crippen LogP contribution in [0.4, 0.5) is 8.78 Å². The molecule has 0 spiro atoms. The van der Waals surface area contributed by atoms with Gasteiger partial charge in [-0.2, -0.15) is 0 Å². The summed E-state index contributed by atoms with van der Waals surface area (Å²) in [5.41, 5.74) is 1.06. The predicted octanol–water partition coefficient (Wildman–Crippen LogP) is 4.32. The van der Waals surface area contributed by atoms with E-state index in [9.17, 15) is 22.3 Å². The van der Waals surface area contributed by atoms with Crippen molar-refractivity contribution in [3.05, 3.63) is 93.5 Å². The van der Waals surface area contributed by atoms with Gasteiger partial charge in [0, 0.05) is 29.2 Å². The summed E-state index contributed by atoms with van der Waals surface area (Å²) in [5.74, 6) is -0.952. The number of aliphatic hydroxyl groups excluding tert-OH is 1. The molecule has 35 heavy (non-hydrogen) atoms. The number of nitrogens with one attached hydrogen (secondary N) is 2. The Morgan fingerprint density at radius 2 is 1.63 bits per heavy atom.